The lowest BCUT2D eigenvalue weighted by Gasteiger charge is -2.06. The predicted octanol–water partition coefficient (Wildman–Crippen LogP) is 1.99. The molecule has 0 heterocycles. The van der Waals surface area contributed by atoms with Crippen molar-refractivity contribution in [2.75, 3.05) is 0 Å². The molecule has 0 aromatic heterocycles. The van der Waals surface area contributed by atoms with Crippen LogP contribution in [0.4, 0.5) is 0 Å². The molecule has 0 amide bonds. The molecule has 0 unspecified atom stereocenters. The molecule has 0 aliphatic heterocycles. The summed E-state index contributed by atoms with van der Waals surface area (Å²) in [5, 5.41) is 12.2. The molecule has 5 heteroatoms. The van der Waals surface area contributed by atoms with E-state index in [1.165, 1.54) is 6.08 Å². The first-order valence-corrected chi connectivity index (χ1v) is 5.36. The van der Waals surface area contributed by atoms with Crippen LogP contribution in [0.3, 0.4) is 0 Å². The van der Waals surface area contributed by atoms with E-state index < -0.39 is 5.97 Å². The van der Waals surface area contributed by atoms with Crippen LogP contribution in [-0.4, -0.2) is 17.4 Å². The lowest BCUT2D eigenvalue weighted by atomic mass is 10.2. The number of hydrogen-bond acceptors (Lipinski definition) is 3. The van der Waals surface area contributed by atoms with E-state index in [1.807, 2.05) is 0 Å². The van der Waals surface area contributed by atoms with Crippen LogP contribution in [0.2, 0.25) is 5.02 Å². The van der Waals surface area contributed by atoms with Gasteiger partial charge in [-0.15, -0.1) is 0 Å². The van der Waals surface area contributed by atoms with Gasteiger partial charge in [-0.1, -0.05) is 23.7 Å². The van der Waals surface area contributed by atoms with Crippen molar-refractivity contribution in [2.24, 2.45) is 0 Å². The average molecular weight is 254 g/mol. The maximum atomic E-state index is 10.8. The smallest absolute Gasteiger partial charge is 0.351 e. The van der Waals surface area contributed by atoms with E-state index >= 15 is 0 Å². The fraction of sp³-hybridized carbons (Fsp3) is 0.167. The van der Waals surface area contributed by atoms with Crippen LogP contribution in [0, 0.1) is 0 Å². The summed E-state index contributed by atoms with van der Waals surface area (Å²) >= 11 is 5.73. The van der Waals surface area contributed by atoms with Crippen LogP contribution < -0.4 is 5.32 Å². The second-order valence-corrected chi connectivity index (χ2v) is 3.74. The van der Waals surface area contributed by atoms with Crippen molar-refractivity contribution in [3.63, 3.8) is 0 Å². The number of carbonyl (C=O) groups is 2. The average Bonchev–Trinajstić information content (AvgIpc) is 2.31. The topological polar surface area (TPSA) is 66.4 Å². The summed E-state index contributed by atoms with van der Waals surface area (Å²) in [7, 11) is 0. The SMILES string of the molecule is O=CCC=C(NCc1ccc(Cl)cc1)C(=O)O. The van der Waals surface area contributed by atoms with Gasteiger partial charge in [0.2, 0.25) is 0 Å². The number of halogens is 1. The lowest BCUT2D eigenvalue weighted by Crippen LogP contribution is -2.19. The summed E-state index contributed by atoms with van der Waals surface area (Å²) in [6, 6.07) is 7.06. The third kappa shape index (κ3) is 4.70. The third-order valence-electron chi connectivity index (χ3n) is 2.04. The van der Waals surface area contributed by atoms with E-state index in [1.54, 1.807) is 24.3 Å². The van der Waals surface area contributed by atoms with E-state index in [0.29, 0.717) is 17.9 Å². The van der Waals surface area contributed by atoms with Crippen LogP contribution in [0.15, 0.2) is 36.0 Å². The van der Waals surface area contributed by atoms with Gasteiger partial charge in [-0.05, 0) is 23.8 Å². The Balaban J connectivity index is 2.60. The van der Waals surface area contributed by atoms with Gasteiger partial charge in [0.15, 0.2) is 0 Å². The minimum absolute atomic E-state index is 0.0204. The van der Waals surface area contributed by atoms with E-state index in [2.05, 4.69) is 5.32 Å². The molecule has 0 radical (unpaired) electrons. The minimum atomic E-state index is -1.08. The zero-order valence-corrected chi connectivity index (χ0v) is 9.78. The second-order valence-electron chi connectivity index (χ2n) is 3.31. The quantitative estimate of drug-likeness (QED) is 0.601. The van der Waals surface area contributed by atoms with Crippen molar-refractivity contribution >= 4 is 23.9 Å². The van der Waals surface area contributed by atoms with Gasteiger partial charge in [0.1, 0.15) is 12.0 Å². The first-order valence-electron chi connectivity index (χ1n) is 4.99. The highest BCUT2D eigenvalue weighted by atomic mass is 35.5. The Kier molecular flexibility index (Phi) is 5.23. The van der Waals surface area contributed by atoms with Crippen LogP contribution in [0.5, 0.6) is 0 Å². The number of rotatable bonds is 6. The molecule has 1 aromatic rings. The van der Waals surface area contributed by atoms with Crippen LogP contribution in [0.25, 0.3) is 0 Å². The number of nitrogens with one attached hydrogen (secondary N) is 1. The molecular formula is C12H12ClNO3. The van der Waals surface area contributed by atoms with Gasteiger partial charge in [-0.3, -0.25) is 0 Å². The number of aldehydes is 1. The summed E-state index contributed by atoms with van der Waals surface area (Å²) in [5.74, 6) is -1.08. The summed E-state index contributed by atoms with van der Waals surface area (Å²) in [6.07, 6.45) is 2.06. The number of carboxylic acids is 1. The molecule has 0 saturated heterocycles. The molecule has 4 nitrogen and oxygen atoms in total. The van der Waals surface area contributed by atoms with Gasteiger partial charge in [-0.25, -0.2) is 4.79 Å². The molecule has 2 N–H and O–H groups in total. The van der Waals surface area contributed by atoms with Crippen LogP contribution >= 0.6 is 11.6 Å². The van der Waals surface area contributed by atoms with E-state index in [0.717, 1.165) is 5.56 Å². The third-order valence-corrected chi connectivity index (χ3v) is 2.30. The van der Waals surface area contributed by atoms with Gasteiger partial charge in [0.05, 0.1) is 0 Å². The summed E-state index contributed by atoms with van der Waals surface area (Å²) in [6.45, 7) is 0.369. The minimum Gasteiger partial charge on any atom is -0.477 e. The van der Waals surface area contributed by atoms with Gasteiger partial charge in [0.25, 0.3) is 0 Å². The second kappa shape index (κ2) is 6.70. The maximum Gasteiger partial charge on any atom is 0.351 e. The molecule has 0 aliphatic carbocycles. The van der Waals surface area contributed by atoms with E-state index in [4.69, 9.17) is 16.7 Å². The molecule has 90 valence electrons. The van der Waals surface area contributed by atoms with Gasteiger partial charge in [0, 0.05) is 18.0 Å². The molecule has 1 aromatic carbocycles. The van der Waals surface area contributed by atoms with Gasteiger partial charge < -0.3 is 15.2 Å². The maximum absolute atomic E-state index is 10.8. The van der Waals surface area contributed by atoms with Crippen molar-refractivity contribution in [3.8, 4) is 0 Å². The summed E-state index contributed by atoms with van der Waals surface area (Å²) < 4.78 is 0. The van der Waals surface area contributed by atoms with Crippen molar-refractivity contribution in [2.45, 2.75) is 13.0 Å². The normalized spacial score (nSPS) is 11.0. The molecule has 0 aliphatic rings. The molecule has 0 atom stereocenters. The number of allylic oxidation sites excluding steroid dienone is 1. The molecule has 0 fully saturated rings. The first-order chi connectivity index (χ1) is 8.13. The zero-order chi connectivity index (χ0) is 12.7. The largest absolute Gasteiger partial charge is 0.477 e. The Bertz CT molecular complexity index is 426. The Labute approximate surface area is 104 Å². The lowest BCUT2D eigenvalue weighted by molar-refractivity contribution is -0.133. The Morgan fingerprint density at radius 2 is 2.00 bits per heavy atom. The van der Waals surface area contributed by atoms with Crippen LogP contribution in [-0.2, 0) is 16.1 Å². The van der Waals surface area contributed by atoms with Crippen LogP contribution in [0.1, 0.15) is 12.0 Å². The molecular weight excluding hydrogens is 242 g/mol. The Morgan fingerprint density at radius 1 is 1.35 bits per heavy atom. The van der Waals surface area contributed by atoms with Crippen molar-refractivity contribution < 1.29 is 14.7 Å². The van der Waals surface area contributed by atoms with Crippen molar-refractivity contribution in [3.05, 3.63) is 46.6 Å². The Morgan fingerprint density at radius 3 is 2.53 bits per heavy atom. The summed E-state index contributed by atoms with van der Waals surface area (Å²) in [4.78, 5) is 21.0. The first kappa shape index (κ1) is 13.3. The fourth-order valence-electron chi connectivity index (χ4n) is 1.20. The standard InChI is InChI=1S/C12H12ClNO3/c13-10-5-3-9(4-6-10)8-14-11(12(16)17)2-1-7-15/h2-7,14H,1,8H2,(H,16,17). The molecule has 1 rings (SSSR count). The molecule has 17 heavy (non-hydrogen) atoms. The van der Waals surface area contributed by atoms with Crippen molar-refractivity contribution in [1.82, 2.24) is 5.32 Å². The monoisotopic (exact) mass is 253 g/mol. The highest BCUT2D eigenvalue weighted by Crippen LogP contribution is 2.09. The molecule has 0 spiro atoms. The highest BCUT2D eigenvalue weighted by molar-refractivity contribution is 6.30. The number of benzene rings is 1. The Hall–Kier alpha value is -1.81. The number of carboxylic acid groups (broad SMARTS) is 1. The van der Waals surface area contributed by atoms with Gasteiger partial charge >= 0.3 is 5.97 Å². The number of hydrogen-bond donors (Lipinski definition) is 2. The molecule has 0 saturated carbocycles. The van der Waals surface area contributed by atoms with Crippen molar-refractivity contribution in [1.29, 1.82) is 0 Å². The summed E-state index contributed by atoms with van der Waals surface area (Å²) in [5.41, 5.74) is 0.930. The number of carbonyl (C=O) groups excluding carboxylic acids is 1. The zero-order valence-electron chi connectivity index (χ0n) is 9.02. The molecule has 0 bridgehead atoms. The number of aliphatic carboxylic acids is 1. The van der Waals surface area contributed by atoms with Gasteiger partial charge in [-0.2, -0.15) is 0 Å². The van der Waals surface area contributed by atoms with E-state index in [9.17, 15) is 9.59 Å². The predicted molar refractivity (Wildman–Crippen MR) is 64.7 cm³/mol. The van der Waals surface area contributed by atoms with E-state index in [-0.39, 0.29) is 12.1 Å². The highest BCUT2D eigenvalue weighted by Gasteiger charge is 2.05. The fourth-order valence-corrected chi connectivity index (χ4v) is 1.33.